The molecule has 2 aromatic carbocycles. The van der Waals surface area contributed by atoms with Gasteiger partial charge in [0.25, 0.3) is 11.8 Å². The predicted octanol–water partition coefficient (Wildman–Crippen LogP) is 4.51. The number of anilines is 1. The highest BCUT2D eigenvalue weighted by Gasteiger charge is 2.34. The number of amides is 2. The average molecular weight is 508 g/mol. The van der Waals surface area contributed by atoms with Crippen LogP contribution in [-0.2, 0) is 9.59 Å². The van der Waals surface area contributed by atoms with Crippen molar-refractivity contribution in [1.29, 1.82) is 0 Å². The van der Waals surface area contributed by atoms with Gasteiger partial charge in [0.2, 0.25) is 0 Å². The summed E-state index contributed by atoms with van der Waals surface area (Å²) in [6.45, 7) is 3.92. The number of ether oxygens (including phenoxy) is 2. The van der Waals surface area contributed by atoms with Gasteiger partial charge in [0.1, 0.15) is 12.2 Å². The van der Waals surface area contributed by atoms with Crippen molar-refractivity contribution < 1.29 is 19.1 Å². The molecule has 0 spiro atoms. The monoisotopic (exact) mass is 506 g/mol. The van der Waals surface area contributed by atoms with E-state index in [1.165, 1.54) is 18.1 Å². The van der Waals surface area contributed by atoms with E-state index in [0.717, 1.165) is 0 Å². The maximum atomic E-state index is 13.1. The van der Waals surface area contributed by atoms with Crippen molar-refractivity contribution in [1.82, 2.24) is 5.32 Å². The number of thiocarbonyl (C=S) groups is 1. The molecule has 1 fully saturated rings. The fourth-order valence-corrected chi connectivity index (χ4v) is 3.74. The van der Waals surface area contributed by atoms with Gasteiger partial charge in [-0.1, -0.05) is 24.3 Å². The number of hydrogen-bond acceptors (Lipinski definition) is 5. The third-order valence-corrected chi connectivity index (χ3v) is 5.22. The van der Waals surface area contributed by atoms with E-state index >= 15 is 0 Å². The Morgan fingerprint density at radius 1 is 1.27 bits per heavy atom. The molecule has 1 N–H and O–H groups in total. The van der Waals surface area contributed by atoms with Crippen molar-refractivity contribution in [3.8, 4) is 11.5 Å². The summed E-state index contributed by atoms with van der Waals surface area (Å²) >= 11 is 14.5. The zero-order chi connectivity index (χ0) is 21.8. The van der Waals surface area contributed by atoms with E-state index in [1.807, 2.05) is 0 Å². The van der Waals surface area contributed by atoms with E-state index in [-0.39, 0.29) is 10.7 Å². The number of nitrogens with one attached hydrogen (secondary N) is 1. The molecule has 0 bridgehead atoms. The van der Waals surface area contributed by atoms with Gasteiger partial charge in [0, 0.05) is 5.02 Å². The molecule has 9 heteroatoms. The second kappa shape index (κ2) is 9.42. The molecule has 0 unspecified atom stereocenters. The number of carbonyl (C=O) groups excluding carboxylic acids is 2. The van der Waals surface area contributed by atoms with E-state index in [9.17, 15) is 9.59 Å². The fourth-order valence-electron chi connectivity index (χ4n) is 2.75. The van der Waals surface area contributed by atoms with Crippen molar-refractivity contribution in [2.75, 3.05) is 18.6 Å². The smallest absolute Gasteiger partial charge is 0.270 e. The molecule has 154 valence electrons. The minimum absolute atomic E-state index is 0.00333. The first-order valence-electron chi connectivity index (χ1n) is 8.64. The summed E-state index contributed by atoms with van der Waals surface area (Å²) in [7, 11) is 1.50. The number of rotatable bonds is 6. The van der Waals surface area contributed by atoms with Crippen LogP contribution in [0.3, 0.4) is 0 Å². The van der Waals surface area contributed by atoms with Crippen LogP contribution in [0.2, 0.25) is 5.02 Å². The highest BCUT2D eigenvalue weighted by atomic mass is 79.9. The lowest BCUT2D eigenvalue weighted by Gasteiger charge is -2.29. The number of benzene rings is 2. The summed E-state index contributed by atoms with van der Waals surface area (Å²) in [5.74, 6) is -0.208. The number of hydrogen-bond donors (Lipinski definition) is 1. The Kier molecular flexibility index (Phi) is 6.91. The molecule has 2 amide bonds. The average Bonchev–Trinajstić information content (AvgIpc) is 2.71. The Morgan fingerprint density at radius 3 is 2.60 bits per heavy atom. The van der Waals surface area contributed by atoms with Gasteiger partial charge in [-0.15, -0.1) is 0 Å². The van der Waals surface area contributed by atoms with Gasteiger partial charge >= 0.3 is 0 Å². The maximum absolute atomic E-state index is 13.1. The number of nitrogens with zero attached hydrogens (tertiary/aromatic N) is 1. The molecule has 30 heavy (non-hydrogen) atoms. The molecule has 1 saturated heterocycles. The number of carbonyl (C=O) groups is 2. The zero-order valence-electron chi connectivity index (χ0n) is 15.8. The number of methoxy groups -OCH3 is 1. The molecular weight excluding hydrogens is 492 g/mol. The second-order valence-corrected chi connectivity index (χ2v) is 7.75. The summed E-state index contributed by atoms with van der Waals surface area (Å²) < 4.78 is 11.6. The van der Waals surface area contributed by atoms with Gasteiger partial charge in [-0.3, -0.25) is 19.8 Å². The van der Waals surface area contributed by atoms with Crippen LogP contribution in [0.25, 0.3) is 6.08 Å². The summed E-state index contributed by atoms with van der Waals surface area (Å²) in [6, 6.07) is 9.94. The molecule has 1 aliphatic heterocycles. The highest BCUT2D eigenvalue weighted by molar-refractivity contribution is 9.10. The van der Waals surface area contributed by atoms with Crippen LogP contribution in [0.15, 0.2) is 59.1 Å². The molecule has 0 aliphatic carbocycles. The van der Waals surface area contributed by atoms with E-state index in [1.54, 1.807) is 42.5 Å². The Morgan fingerprint density at radius 2 is 1.97 bits per heavy atom. The normalized spacial score (nSPS) is 15.2. The maximum Gasteiger partial charge on any atom is 0.270 e. The van der Waals surface area contributed by atoms with Crippen molar-refractivity contribution >= 4 is 68.4 Å². The van der Waals surface area contributed by atoms with Crippen LogP contribution in [-0.4, -0.2) is 30.6 Å². The van der Waals surface area contributed by atoms with Crippen LogP contribution in [0.5, 0.6) is 11.5 Å². The highest BCUT2D eigenvalue weighted by Crippen LogP contribution is 2.37. The quantitative estimate of drug-likeness (QED) is 0.270. The standard InChI is InChI=1S/C21H16BrClN2O4S/c1-3-8-29-18-16(22)10-12(11-17(18)28-2)9-15-19(26)24-21(30)25(20(15)27)14-6-4-13(23)5-7-14/h3-7,9-11H,1,8H2,2H3,(H,24,26,30)/b15-9+. The first kappa shape index (κ1) is 22.0. The minimum atomic E-state index is -0.586. The van der Waals surface area contributed by atoms with E-state index in [0.29, 0.717) is 38.9 Å². The molecule has 6 nitrogen and oxygen atoms in total. The second-order valence-electron chi connectivity index (χ2n) is 6.07. The first-order chi connectivity index (χ1) is 14.3. The van der Waals surface area contributed by atoms with Crippen LogP contribution in [0.1, 0.15) is 5.56 Å². The van der Waals surface area contributed by atoms with Crippen molar-refractivity contribution in [2.45, 2.75) is 0 Å². The lowest BCUT2D eigenvalue weighted by molar-refractivity contribution is -0.122. The molecule has 1 heterocycles. The van der Waals surface area contributed by atoms with Crippen LogP contribution < -0.4 is 19.7 Å². The topological polar surface area (TPSA) is 67.9 Å². The SMILES string of the molecule is C=CCOc1c(Br)cc(/C=C2\C(=O)NC(=S)N(c3ccc(Cl)cc3)C2=O)cc1OC. The molecule has 0 saturated carbocycles. The molecular formula is C21H16BrClN2O4S. The third kappa shape index (κ3) is 4.56. The first-order valence-corrected chi connectivity index (χ1v) is 10.2. The molecule has 0 aromatic heterocycles. The van der Waals surface area contributed by atoms with Gasteiger partial charge in [-0.25, -0.2) is 0 Å². The van der Waals surface area contributed by atoms with Crippen LogP contribution >= 0.6 is 39.7 Å². The van der Waals surface area contributed by atoms with Crippen molar-refractivity contribution in [3.05, 3.63) is 69.7 Å². The molecule has 2 aromatic rings. The third-order valence-electron chi connectivity index (χ3n) is 4.09. The summed E-state index contributed by atoms with van der Waals surface area (Å²) in [5.41, 5.74) is 0.978. The molecule has 0 radical (unpaired) electrons. The minimum Gasteiger partial charge on any atom is -0.493 e. The van der Waals surface area contributed by atoms with E-state index in [4.69, 9.17) is 33.3 Å². The van der Waals surface area contributed by atoms with Gasteiger partial charge in [-0.2, -0.15) is 0 Å². The summed E-state index contributed by atoms with van der Waals surface area (Å²) in [6.07, 6.45) is 3.08. The number of halogens is 2. The summed E-state index contributed by atoms with van der Waals surface area (Å²) in [4.78, 5) is 26.8. The Hall–Kier alpha value is -2.68. The van der Waals surface area contributed by atoms with Gasteiger partial charge in [-0.05, 0) is 76.2 Å². The molecule has 1 aliphatic rings. The van der Waals surface area contributed by atoms with E-state index in [2.05, 4.69) is 27.8 Å². The van der Waals surface area contributed by atoms with E-state index < -0.39 is 11.8 Å². The van der Waals surface area contributed by atoms with Crippen molar-refractivity contribution in [3.63, 3.8) is 0 Å². The largest absolute Gasteiger partial charge is 0.493 e. The predicted molar refractivity (Wildman–Crippen MR) is 124 cm³/mol. The summed E-state index contributed by atoms with van der Waals surface area (Å²) in [5, 5.41) is 3.06. The van der Waals surface area contributed by atoms with Gasteiger partial charge in [0.05, 0.1) is 17.3 Å². The fraction of sp³-hybridized carbons (Fsp3) is 0.0952. The lowest BCUT2D eigenvalue weighted by atomic mass is 10.1. The molecule has 0 atom stereocenters. The Balaban J connectivity index is 2.01. The van der Waals surface area contributed by atoms with Crippen molar-refractivity contribution in [2.24, 2.45) is 0 Å². The Labute approximate surface area is 192 Å². The van der Waals surface area contributed by atoms with Crippen LogP contribution in [0, 0.1) is 0 Å². The zero-order valence-corrected chi connectivity index (χ0v) is 18.9. The lowest BCUT2D eigenvalue weighted by Crippen LogP contribution is -2.54. The molecule has 3 rings (SSSR count). The van der Waals surface area contributed by atoms with Gasteiger partial charge < -0.3 is 9.47 Å². The van der Waals surface area contributed by atoms with Gasteiger partial charge in [0.15, 0.2) is 16.6 Å². The Bertz CT molecular complexity index is 1070. The van der Waals surface area contributed by atoms with Crippen LogP contribution in [0.4, 0.5) is 5.69 Å².